The van der Waals surface area contributed by atoms with Crippen molar-refractivity contribution in [2.24, 2.45) is 0 Å². The molecule has 0 spiro atoms. The SMILES string of the molecule is O=C(NCCOCCOCCNc1nc(NCCc2ccccc2)nc(N2CCN(c3ccc([N+](=O)[O-])cc3)CC2)n1)c1ccccc1. The molecule has 0 atom stereocenters. The topological polar surface area (TPSA) is 160 Å². The molecule has 4 aromatic rings. The quantitative estimate of drug-likeness (QED) is 0.0813. The lowest BCUT2D eigenvalue weighted by molar-refractivity contribution is -0.384. The normalized spacial score (nSPS) is 12.8. The number of rotatable bonds is 18. The number of nitrogens with zero attached hydrogens (tertiary/aromatic N) is 6. The fraction of sp³-hybridized carbons (Fsp3) is 0.353. The maximum absolute atomic E-state index is 12.1. The van der Waals surface area contributed by atoms with Crippen LogP contribution < -0.4 is 25.8 Å². The van der Waals surface area contributed by atoms with E-state index in [0.29, 0.717) is 82.6 Å². The Morgan fingerprint density at radius 2 is 1.29 bits per heavy atom. The number of benzene rings is 3. The monoisotopic (exact) mass is 655 g/mol. The van der Waals surface area contributed by atoms with Crippen LogP contribution in [0.3, 0.4) is 0 Å². The molecule has 2 heterocycles. The summed E-state index contributed by atoms with van der Waals surface area (Å²) in [6.07, 6.45) is 0.827. The molecule has 1 aromatic heterocycles. The van der Waals surface area contributed by atoms with E-state index in [9.17, 15) is 14.9 Å². The number of nitro groups is 1. The summed E-state index contributed by atoms with van der Waals surface area (Å²) >= 11 is 0. The van der Waals surface area contributed by atoms with Gasteiger partial charge in [-0.3, -0.25) is 14.9 Å². The van der Waals surface area contributed by atoms with Crippen LogP contribution in [0.5, 0.6) is 0 Å². The van der Waals surface area contributed by atoms with Gasteiger partial charge in [0.15, 0.2) is 0 Å². The first-order valence-electron chi connectivity index (χ1n) is 16.1. The van der Waals surface area contributed by atoms with E-state index >= 15 is 0 Å². The second-order valence-corrected chi connectivity index (χ2v) is 11.0. The van der Waals surface area contributed by atoms with Gasteiger partial charge >= 0.3 is 0 Å². The molecule has 0 radical (unpaired) electrons. The molecule has 14 nitrogen and oxygen atoms in total. The van der Waals surface area contributed by atoms with E-state index in [1.54, 1.807) is 24.3 Å². The van der Waals surface area contributed by atoms with Crippen LogP contribution in [0.4, 0.5) is 29.2 Å². The van der Waals surface area contributed by atoms with Gasteiger partial charge in [0, 0.05) is 69.2 Å². The molecule has 3 aromatic carbocycles. The molecule has 1 fully saturated rings. The molecular formula is C34H41N9O5. The number of amides is 1. The van der Waals surface area contributed by atoms with Crippen LogP contribution in [-0.2, 0) is 15.9 Å². The first-order chi connectivity index (χ1) is 23.5. The first kappa shape index (κ1) is 34.0. The van der Waals surface area contributed by atoms with Crippen molar-refractivity contribution >= 4 is 35.1 Å². The molecule has 0 unspecified atom stereocenters. The van der Waals surface area contributed by atoms with Gasteiger partial charge in [-0.2, -0.15) is 15.0 Å². The molecular weight excluding hydrogens is 614 g/mol. The van der Waals surface area contributed by atoms with Crippen molar-refractivity contribution in [3.63, 3.8) is 0 Å². The Labute approximate surface area is 279 Å². The van der Waals surface area contributed by atoms with E-state index in [2.05, 4.69) is 42.9 Å². The Kier molecular flexibility index (Phi) is 12.8. The molecule has 0 bridgehead atoms. The summed E-state index contributed by atoms with van der Waals surface area (Å²) in [6, 6.07) is 25.9. The Bertz CT molecular complexity index is 1570. The molecule has 1 aliphatic rings. The van der Waals surface area contributed by atoms with Crippen molar-refractivity contribution in [1.82, 2.24) is 20.3 Å². The van der Waals surface area contributed by atoms with Crippen LogP contribution in [0.25, 0.3) is 0 Å². The number of carbonyl (C=O) groups is 1. The Morgan fingerprint density at radius 3 is 1.94 bits per heavy atom. The van der Waals surface area contributed by atoms with Gasteiger partial charge in [0.2, 0.25) is 17.8 Å². The number of hydrogen-bond donors (Lipinski definition) is 3. The standard InChI is InChI=1S/C34H41N9O5/c44-31(28-9-5-2-6-10-28)35-17-23-47-25-26-48-24-18-37-33-38-32(36-16-15-27-7-3-1-4-8-27)39-34(40-33)42-21-19-41(20-22-42)29-11-13-30(14-12-29)43(45)46/h1-14H,15-26H2,(H,35,44)(H2,36,37,38,39,40). The zero-order chi connectivity index (χ0) is 33.4. The number of nitrogens with one attached hydrogen (secondary N) is 3. The van der Waals surface area contributed by atoms with E-state index < -0.39 is 0 Å². The van der Waals surface area contributed by atoms with Crippen molar-refractivity contribution in [1.29, 1.82) is 0 Å². The van der Waals surface area contributed by atoms with Crippen LogP contribution in [0.1, 0.15) is 15.9 Å². The smallest absolute Gasteiger partial charge is 0.269 e. The summed E-state index contributed by atoms with van der Waals surface area (Å²) in [6.45, 7) is 6.05. The highest BCUT2D eigenvalue weighted by Crippen LogP contribution is 2.22. The van der Waals surface area contributed by atoms with Crippen LogP contribution in [0, 0.1) is 10.1 Å². The number of ether oxygens (including phenoxy) is 2. The van der Waals surface area contributed by atoms with Crippen LogP contribution in [0.2, 0.25) is 0 Å². The predicted molar refractivity (Wildman–Crippen MR) is 185 cm³/mol. The highest BCUT2D eigenvalue weighted by molar-refractivity contribution is 5.94. The number of piperazine rings is 1. The number of hydrogen-bond acceptors (Lipinski definition) is 12. The van der Waals surface area contributed by atoms with Crippen LogP contribution >= 0.6 is 0 Å². The molecule has 0 aliphatic carbocycles. The number of nitro benzene ring substituents is 1. The van der Waals surface area contributed by atoms with Gasteiger partial charge in [0.05, 0.1) is 31.4 Å². The third-order valence-corrected chi connectivity index (χ3v) is 7.62. The van der Waals surface area contributed by atoms with Gasteiger partial charge in [0.1, 0.15) is 0 Å². The van der Waals surface area contributed by atoms with Gasteiger partial charge in [-0.05, 0) is 36.2 Å². The fourth-order valence-electron chi connectivity index (χ4n) is 5.06. The molecule has 0 saturated carbocycles. The van der Waals surface area contributed by atoms with E-state index in [-0.39, 0.29) is 16.5 Å². The number of aromatic nitrogens is 3. The third-order valence-electron chi connectivity index (χ3n) is 7.62. The largest absolute Gasteiger partial charge is 0.377 e. The molecule has 14 heteroatoms. The minimum atomic E-state index is -0.390. The Morgan fingerprint density at radius 1 is 0.708 bits per heavy atom. The van der Waals surface area contributed by atoms with Gasteiger partial charge < -0.3 is 35.2 Å². The first-order valence-corrected chi connectivity index (χ1v) is 16.1. The molecule has 1 aliphatic heterocycles. The molecule has 252 valence electrons. The average molecular weight is 656 g/mol. The average Bonchev–Trinajstić information content (AvgIpc) is 3.13. The minimum absolute atomic E-state index is 0.0788. The lowest BCUT2D eigenvalue weighted by atomic mass is 10.1. The summed E-state index contributed by atoms with van der Waals surface area (Å²) < 4.78 is 11.3. The van der Waals surface area contributed by atoms with E-state index in [4.69, 9.17) is 19.4 Å². The summed E-state index contributed by atoms with van der Waals surface area (Å²) in [5.41, 5.74) is 2.87. The highest BCUT2D eigenvalue weighted by Gasteiger charge is 2.21. The lowest BCUT2D eigenvalue weighted by Crippen LogP contribution is -2.47. The molecule has 5 rings (SSSR count). The molecule has 3 N–H and O–H groups in total. The Hall–Kier alpha value is -5.34. The van der Waals surface area contributed by atoms with Crippen molar-refractivity contribution in [2.75, 3.05) is 92.7 Å². The Balaban J connectivity index is 1.07. The van der Waals surface area contributed by atoms with Gasteiger partial charge in [-0.25, -0.2) is 0 Å². The molecule has 1 saturated heterocycles. The second-order valence-electron chi connectivity index (χ2n) is 11.0. The van der Waals surface area contributed by atoms with Crippen molar-refractivity contribution < 1.29 is 19.2 Å². The van der Waals surface area contributed by atoms with Crippen molar-refractivity contribution in [3.05, 3.63) is 106 Å². The van der Waals surface area contributed by atoms with E-state index in [1.165, 1.54) is 17.7 Å². The number of non-ortho nitro benzene ring substituents is 1. The maximum Gasteiger partial charge on any atom is 0.269 e. The third kappa shape index (κ3) is 10.6. The van der Waals surface area contributed by atoms with Gasteiger partial charge in [0.25, 0.3) is 11.6 Å². The zero-order valence-corrected chi connectivity index (χ0v) is 26.8. The van der Waals surface area contributed by atoms with Crippen LogP contribution in [-0.4, -0.2) is 98.0 Å². The van der Waals surface area contributed by atoms with E-state index in [0.717, 1.165) is 25.2 Å². The minimum Gasteiger partial charge on any atom is -0.377 e. The highest BCUT2D eigenvalue weighted by atomic mass is 16.6. The second kappa shape index (κ2) is 18.1. The summed E-state index contributed by atoms with van der Waals surface area (Å²) in [7, 11) is 0. The summed E-state index contributed by atoms with van der Waals surface area (Å²) in [5, 5.41) is 20.5. The van der Waals surface area contributed by atoms with Crippen LogP contribution in [0.15, 0.2) is 84.9 Å². The summed E-state index contributed by atoms with van der Waals surface area (Å²) in [4.78, 5) is 41.0. The number of carbonyl (C=O) groups excluding carboxylic acids is 1. The van der Waals surface area contributed by atoms with Crippen molar-refractivity contribution in [2.45, 2.75) is 6.42 Å². The zero-order valence-electron chi connectivity index (χ0n) is 26.8. The molecule has 48 heavy (non-hydrogen) atoms. The lowest BCUT2D eigenvalue weighted by Gasteiger charge is -2.36. The van der Waals surface area contributed by atoms with Gasteiger partial charge in [-0.15, -0.1) is 0 Å². The fourth-order valence-corrected chi connectivity index (χ4v) is 5.06. The number of anilines is 4. The summed E-state index contributed by atoms with van der Waals surface area (Å²) in [5.74, 6) is 1.40. The van der Waals surface area contributed by atoms with Crippen molar-refractivity contribution in [3.8, 4) is 0 Å². The van der Waals surface area contributed by atoms with Gasteiger partial charge in [-0.1, -0.05) is 48.5 Å². The molecule has 1 amide bonds. The predicted octanol–water partition coefficient (Wildman–Crippen LogP) is 3.64. The maximum atomic E-state index is 12.1. The van der Waals surface area contributed by atoms with E-state index in [1.807, 2.05) is 36.4 Å².